The van der Waals surface area contributed by atoms with Gasteiger partial charge in [0.15, 0.2) is 0 Å². The second-order valence-corrected chi connectivity index (χ2v) is 23.7. The second-order valence-electron chi connectivity index (χ2n) is 12.2. The number of halogens is 7. The van der Waals surface area contributed by atoms with Gasteiger partial charge in [-0.05, 0) is 0 Å². The first kappa shape index (κ1) is 37.3. The molecule has 258 valence electrons. The van der Waals surface area contributed by atoms with E-state index in [1.54, 1.807) is 0 Å². The number of rotatable bonds is 12. The van der Waals surface area contributed by atoms with E-state index in [0.29, 0.717) is 0 Å². The minimum atomic E-state index is -3.11. The summed E-state index contributed by atoms with van der Waals surface area (Å²) in [6.07, 6.45) is 0. The topological polar surface area (TPSA) is 27.7 Å². The predicted octanol–water partition coefficient (Wildman–Crippen LogP) is 11.8. The molecule has 0 aliphatic carbocycles. The van der Waals surface area contributed by atoms with Crippen LogP contribution in [0.2, 0.25) is 0 Å². The SMILES string of the molecule is Cc1ccccc1I(OB(Oc1c(F)c(F)c(F)c(F)c1F)OI(c1ccccc1C)C(C)(C)c1ccccc1)C(C)(C)c1ccccc1. The van der Waals surface area contributed by atoms with Gasteiger partial charge in [-0.15, -0.1) is 0 Å². The van der Waals surface area contributed by atoms with Crippen LogP contribution in [0.4, 0.5) is 22.0 Å². The van der Waals surface area contributed by atoms with Gasteiger partial charge in [0.05, 0.1) is 0 Å². The molecule has 49 heavy (non-hydrogen) atoms. The Morgan fingerprint density at radius 1 is 0.469 bits per heavy atom. The molecule has 0 aliphatic rings. The van der Waals surface area contributed by atoms with Crippen LogP contribution < -0.4 is 4.65 Å². The van der Waals surface area contributed by atoms with E-state index < -0.39 is 89.5 Å². The third-order valence-electron chi connectivity index (χ3n) is 8.01. The molecule has 0 aliphatic heterocycles. The van der Waals surface area contributed by atoms with Gasteiger partial charge in [0.2, 0.25) is 0 Å². The van der Waals surface area contributed by atoms with Gasteiger partial charge in [0, 0.05) is 0 Å². The molecule has 0 saturated heterocycles. The van der Waals surface area contributed by atoms with Crippen molar-refractivity contribution in [2.45, 2.75) is 48.4 Å². The first-order chi connectivity index (χ1) is 23.2. The molecule has 0 amide bonds. The molecule has 0 atom stereocenters. The maximum atomic E-state index is 15.3. The summed E-state index contributed by atoms with van der Waals surface area (Å²) in [5, 5.41) is 0. The Labute approximate surface area is 300 Å². The molecule has 0 spiro atoms. The van der Waals surface area contributed by atoms with E-state index in [0.717, 1.165) is 29.4 Å². The van der Waals surface area contributed by atoms with E-state index in [9.17, 15) is 13.2 Å². The summed E-state index contributed by atoms with van der Waals surface area (Å²) < 4.78 is 93.7. The average Bonchev–Trinajstić information content (AvgIpc) is 3.10. The van der Waals surface area contributed by atoms with Crippen LogP contribution in [0.25, 0.3) is 0 Å². The van der Waals surface area contributed by atoms with Gasteiger partial charge in [-0.25, -0.2) is 0 Å². The van der Waals surface area contributed by atoms with Crippen LogP contribution in [0.5, 0.6) is 5.75 Å². The number of alkyl halides is 2. The van der Waals surface area contributed by atoms with E-state index in [1.807, 2.05) is 151 Å². The van der Waals surface area contributed by atoms with E-state index in [2.05, 4.69) is 0 Å². The van der Waals surface area contributed by atoms with Gasteiger partial charge in [-0.3, -0.25) is 0 Å². The van der Waals surface area contributed by atoms with Crippen LogP contribution in [-0.2, 0) is 12.8 Å². The molecular formula is C38H36BF5I2O3. The van der Waals surface area contributed by atoms with Crippen molar-refractivity contribution in [2.24, 2.45) is 0 Å². The summed E-state index contributed by atoms with van der Waals surface area (Å²) in [7, 11) is -1.84. The molecule has 0 N–H and O–H groups in total. The van der Waals surface area contributed by atoms with Gasteiger partial charge >= 0.3 is 302 Å². The predicted molar refractivity (Wildman–Crippen MR) is 202 cm³/mol. The summed E-state index contributed by atoms with van der Waals surface area (Å²) in [5.74, 6) is -12.2. The first-order valence-corrected chi connectivity index (χ1v) is 21.5. The van der Waals surface area contributed by atoms with E-state index in [-0.39, 0.29) is 0 Å². The summed E-state index contributed by atoms with van der Waals surface area (Å²) in [6, 6.07) is 34.6. The maximum absolute atomic E-state index is 15.3. The quantitative estimate of drug-likeness (QED) is 0.0312. The van der Waals surface area contributed by atoms with Gasteiger partial charge in [-0.2, -0.15) is 0 Å². The molecule has 5 aromatic rings. The average molecular weight is 900 g/mol. The van der Waals surface area contributed by atoms with Crippen LogP contribution in [-0.4, -0.2) is 7.32 Å². The first-order valence-electron chi connectivity index (χ1n) is 15.4. The molecule has 0 heterocycles. The Balaban J connectivity index is 1.71. The molecule has 0 radical (unpaired) electrons. The van der Waals surface area contributed by atoms with E-state index in [1.165, 1.54) is 0 Å². The Bertz CT molecular complexity index is 1780. The van der Waals surface area contributed by atoms with Crippen molar-refractivity contribution in [3.63, 3.8) is 0 Å². The van der Waals surface area contributed by atoms with Gasteiger partial charge in [0.25, 0.3) is 0 Å². The fourth-order valence-corrected chi connectivity index (χ4v) is 16.4. The van der Waals surface area contributed by atoms with Gasteiger partial charge in [-0.1, -0.05) is 0 Å². The van der Waals surface area contributed by atoms with Crippen molar-refractivity contribution in [3.8, 4) is 5.75 Å². The number of aryl methyl sites for hydroxylation is 2. The molecule has 0 aromatic heterocycles. The third-order valence-corrected chi connectivity index (χ3v) is 20.5. The molecule has 5 rings (SSSR count). The zero-order valence-electron chi connectivity index (χ0n) is 27.8. The zero-order chi connectivity index (χ0) is 35.5. The van der Waals surface area contributed by atoms with Crippen molar-refractivity contribution in [1.82, 2.24) is 0 Å². The standard InChI is InChI=1S/C38H36BF5I2O3/c1-25-17-13-15-23-29(25)45(37(3,4)27-19-9-7-10-20-27)48-39(47-36-34(43)32(41)31(40)33(42)35(36)44)49-46(30-24-16-14-18-26(30)2)38(5,6)28-21-11-8-12-22-28/h7-24H,1-6H3. The third kappa shape index (κ3) is 7.84. The summed E-state index contributed by atoms with van der Waals surface area (Å²) in [5.41, 5.74) is 3.73. The van der Waals surface area contributed by atoms with E-state index in [4.69, 9.17) is 10.6 Å². The number of benzene rings is 5. The molecule has 3 nitrogen and oxygen atoms in total. The van der Waals surface area contributed by atoms with Crippen molar-refractivity contribution in [2.75, 3.05) is 0 Å². The fourth-order valence-electron chi connectivity index (χ4n) is 5.16. The summed E-state index contributed by atoms with van der Waals surface area (Å²) in [6.45, 7) is 11.9. The summed E-state index contributed by atoms with van der Waals surface area (Å²) in [4.78, 5) is 0. The van der Waals surface area contributed by atoms with Crippen molar-refractivity contribution in [1.29, 1.82) is 0 Å². The van der Waals surface area contributed by atoms with Crippen molar-refractivity contribution >= 4 is 47.8 Å². The Morgan fingerprint density at radius 3 is 1.16 bits per heavy atom. The van der Waals surface area contributed by atoms with Gasteiger partial charge < -0.3 is 0 Å². The monoisotopic (exact) mass is 900 g/mol. The molecule has 11 heteroatoms. The van der Waals surface area contributed by atoms with Crippen LogP contribution >= 0.6 is 40.5 Å². The molecule has 0 bridgehead atoms. The Kier molecular flexibility index (Phi) is 11.8. The second kappa shape index (κ2) is 15.5. The molecule has 0 saturated carbocycles. The van der Waals surface area contributed by atoms with Gasteiger partial charge in [0.1, 0.15) is 0 Å². The summed E-state index contributed by atoms with van der Waals surface area (Å²) >= 11 is -6.22. The fraction of sp³-hybridized carbons (Fsp3) is 0.211. The van der Waals surface area contributed by atoms with Crippen LogP contribution in [0.1, 0.15) is 49.9 Å². The normalized spacial score (nSPS) is 12.5. The zero-order valence-corrected chi connectivity index (χ0v) is 32.2. The van der Waals surface area contributed by atoms with Crippen molar-refractivity contribution in [3.05, 3.63) is 168 Å². The Morgan fingerprint density at radius 2 is 0.796 bits per heavy atom. The van der Waals surface area contributed by atoms with Crippen LogP contribution in [0.3, 0.4) is 0 Å². The molecule has 0 fully saturated rings. The number of hydrogen-bond acceptors (Lipinski definition) is 3. The minimum absolute atomic E-state index is 0.657. The number of hydrogen-bond donors (Lipinski definition) is 0. The Hall–Kier alpha value is -3.01. The van der Waals surface area contributed by atoms with Crippen molar-refractivity contribution < 1.29 is 32.6 Å². The van der Waals surface area contributed by atoms with E-state index >= 15 is 8.78 Å². The molecular weight excluding hydrogens is 864 g/mol. The molecule has 0 unspecified atom stereocenters. The van der Waals surface area contributed by atoms with Crippen LogP contribution in [0.15, 0.2) is 109 Å². The molecule has 5 aromatic carbocycles. The van der Waals surface area contributed by atoms with Crippen LogP contribution in [0, 0.1) is 50.1 Å².